The average Bonchev–Trinajstić information content (AvgIpc) is 2.59. The molecule has 1 amide bonds. The van der Waals surface area contributed by atoms with Crippen LogP contribution in [0.5, 0.6) is 0 Å². The second-order valence-corrected chi connectivity index (χ2v) is 7.91. The van der Waals surface area contributed by atoms with Crippen molar-refractivity contribution in [1.29, 1.82) is 0 Å². The number of hydrogen-bond acceptors (Lipinski definition) is 4. The fraction of sp³-hybridized carbons (Fsp3) is 0.526. The molecular weight excluding hydrogens is 334 g/mol. The van der Waals surface area contributed by atoms with Crippen LogP contribution >= 0.6 is 11.8 Å². The molecule has 25 heavy (non-hydrogen) atoms. The number of para-hydroxylation sites is 1. The van der Waals surface area contributed by atoms with Gasteiger partial charge in [0.05, 0.1) is 16.2 Å². The number of amides is 1. The lowest BCUT2D eigenvalue weighted by atomic mass is 10.1. The van der Waals surface area contributed by atoms with Crippen LogP contribution in [-0.2, 0) is 11.3 Å². The summed E-state index contributed by atoms with van der Waals surface area (Å²) in [6.45, 7) is 9.41. The van der Waals surface area contributed by atoms with Gasteiger partial charge in [-0.3, -0.25) is 14.2 Å². The molecule has 1 heterocycles. The van der Waals surface area contributed by atoms with Crippen LogP contribution in [0, 0.1) is 5.92 Å². The van der Waals surface area contributed by atoms with Crippen molar-refractivity contribution in [3.05, 3.63) is 34.6 Å². The number of benzene rings is 1. The zero-order chi connectivity index (χ0) is 18.4. The van der Waals surface area contributed by atoms with Crippen LogP contribution in [0.15, 0.2) is 34.2 Å². The highest BCUT2D eigenvalue weighted by molar-refractivity contribution is 8.00. The lowest BCUT2D eigenvalue weighted by Crippen LogP contribution is -2.32. The van der Waals surface area contributed by atoms with Crippen LogP contribution in [0.4, 0.5) is 0 Å². The van der Waals surface area contributed by atoms with E-state index < -0.39 is 0 Å². The summed E-state index contributed by atoms with van der Waals surface area (Å²) in [5, 5.41) is 3.84. The van der Waals surface area contributed by atoms with Crippen LogP contribution in [0.2, 0.25) is 0 Å². The smallest absolute Gasteiger partial charge is 0.262 e. The van der Waals surface area contributed by atoms with Crippen molar-refractivity contribution in [1.82, 2.24) is 14.9 Å². The lowest BCUT2D eigenvalue weighted by Gasteiger charge is -2.17. The molecule has 0 radical (unpaired) electrons. The Morgan fingerprint density at radius 2 is 2.00 bits per heavy atom. The Balaban J connectivity index is 2.37. The van der Waals surface area contributed by atoms with Gasteiger partial charge in [-0.25, -0.2) is 4.98 Å². The number of carbonyl (C=O) groups excluding carboxylic acids is 1. The molecule has 0 spiro atoms. The molecule has 5 nitrogen and oxygen atoms in total. The molecule has 1 aromatic heterocycles. The first kappa shape index (κ1) is 19.5. The Morgan fingerprint density at radius 3 is 2.68 bits per heavy atom. The van der Waals surface area contributed by atoms with Crippen molar-refractivity contribution >= 4 is 28.6 Å². The van der Waals surface area contributed by atoms with Gasteiger partial charge in [-0.05, 0) is 37.8 Å². The first-order valence-corrected chi connectivity index (χ1v) is 9.76. The third-order valence-electron chi connectivity index (χ3n) is 3.96. The van der Waals surface area contributed by atoms with Crippen molar-refractivity contribution in [3.8, 4) is 0 Å². The van der Waals surface area contributed by atoms with Crippen LogP contribution in [0.3, 0.4) is 0 Å². The van der Waals surface area contributed by atoms with Gasteiger partial charge >= 0.3 is 0 Å². The van der Waals surface area contributed by atoms with E-state index >= 15 is 0 Å². The number of rotatable bonds is 8. The fourth-order valence-corrected chi connectivity index (χ4v) is 3.38. The molecule has 2 aromatic rings. The van der Waals surface area contributed by atoms with Crippen LogP contribution < -0.4 is 10.9 Å². The maximum atomic E-state index is 12.9. The van der Waals surface area contributed by atoms with Crippen molar-refractivity contribution in [3.63, 3.8) is 0 Å². The van der Waals surface area contributed by atoms with Gasteiger partial charge < -0.3 is 5.32 Å². The van der Waals surface area contributed by atoms with E-state index in [9.17, 15) is 9.59 Å². The first-order chi connectivity index (χ1) is 11.9. The predicted octanol–water partition coefficient (Wildman–Crippen LogP) is 3.45. The van der Waals surface area contributed by atoms with Gasteiger partial charge in [0.25, 0.3) is 5.56 Å². The minimum atomic E-state index is -0.301. The molecule has 0 aliphatic carbocycles. The Hall–Kier alpha value is -1.82. The van der Waals surface area contributed by atoms with Crippen molar-refractivity contribution < 1.29 is 4.79 Å². The molecule has 0 fully saturated rings. The summed E-state index contributed by atoms with van der Waals surface area (Å²) < 4.78 is 1.72. The lowest BCUT2D eigenvalue weighted by molar-refractivity contribution is -0.120. The zero-order valence-corrected chi connectivity index (χ0v) is 16.2. The van der Waals surface area contributed by atoms with Crippen molar-refractivity contribution in [2.24, 2.45) is 5.92 Å². The predicted molar refractivity (Wildman–Crippen MR) is 104 cm³/mol. The Kier molecular flexibility index (Phi) is 7.05. The molecule has 0 aliphatic heterocycles. The maximum Gasteiger partial charge on any atom is 0.262 e. The van der Waals surface area contributed by atoms with Crippen LogP contribution in [-0.4, -0.2) is 27.3 Å². The number of hydrogen-bond donors (Lipinski definition) is 1. The number of thioether (sulfide) groups is 1. The average molecular weight is 362 g/mol. The highest BCUT2D eigenvalue weighted by Crippen LogP contribution is 2.23. The molecule has 1 aromatic carbocycles. The normalized spacial score (nSPS) is 12.5. The number of nitrogens with zero attached hydrogens (tertiary/aromatic N) is 2. The van der Waals surface area contributed by atoms with Gasteiger partial charge in [-0.2, -0.15) is 0 Å². The molecule has 6 heteroatoms. The number of fused-ring (bicyclic) bond motifs is 1. The molecule has 0 aliphatic rings. The van der Waals surface area contributed by atoms with Gasteiger partial charge in [0, 0.05) is 13.1 Å². The van der Waals surface area contributed by atoms with E-state index in [0.717, 1.165) is 12.8 Å². The Morgan fingerprint density at radius 1 is 1.28 bits per heavy atom. The quantitative estimate of drug-likeness (QED) is 0.578. The second kappa shape index (κ2) is 9.04. The summed E-state index contributed by atoms with van der Waals surface area (Å²) in [6.07, 6.45) is 1.79. The third kappa shape index (κ3) is 5.08. The van der Waals surface area contributed by atoms with Gasteiger partial charge in [0.15, 0.2) is 5.16 Å². The van der Waals surface area contributed by atoms with E-state index in [1.54, 1.807) is 4.57 Å². The van der Waals surface area contributed by atoms with E-state index in [4.69, 9.17) is 0 Å². The molecule has 0 bridgehead atoms. The first-order valence-electron chi connectivity index (χ1n) is 8.88. The van der Waals surface area contributed by atoms with Gasteiger partial charge in [-0.15, -0.1) is 0 Å². The maximum absolute atomic E-state index is 12.9. The van der Waals surface area contributed by atoms with Crippen LogP contribution in [0.25, 0.3) is 10.9 Å². The molecule has 136 valence electrons. The largest absolute Gasteiger partial charge is 0.355 e. The molecule has 1 unspecified atom stereocenters. The Bertz CT molecular complexity index is 786. The standard InChI is InChI=1S/C19H27N3O2S/c1-5-11-20-17(23)14(4)25-19-21-16-9-7-6-8-15(16)18(24)22(19)12-10-13(2)3/h6-9,13-14H,5,10-12H2,1-4H3,(H,20,23). The molecule has 1 N–H and O–H groups in total. The molecule has 0 saturated carbocycles. The van der Waals surface area contributed by atoms with Gasteiger partial charge in [0.2, 0.25) is 5.91 Å². The zero-order valence-electron chi connectivity index (χ0n) is 15.4. The molecule has 0 saturated heterocycles. The summed E-state index contributed by atoms with van der Waals surface area (Å²) in [5.41, 5.74) is 0.645. The van der Waals surface area contributed by atoms with Gasteiger partial charge in [0.1, 0.15) is 0 Å². The summed E-state index contributed by atoms with van der Waals surface area (Å²) in [5.74, 6) is 0.464. The SMILES string of the molecule is CCCNC(=O)C(C)Sc1nc2ccccc2c(=O)n1CCC(C)C. The summed E-state index contributed by atoms with van der Waals surface area (Å²) in [4.78, 5) is 29.7. The van der Waals surface area contributed by atoms with Crippen molar-refractivity contribution in [2.75, 3.05) is 6.54 Å². The third-order valence-corrected chi connectivity index (χ3v) is 5.05. The highest BCUT2D eigenvalue weighted by Gasteiger charge is 2.19. The summed E-state index contributed by atoms with van der Waals surface area (Å²) in [6, 6.07) is 7.38. The van der Waals surface area contributed by atoms with E-state index in [2.05, 4.69) is 24.1 Å². The van der Waals surface area contributed by atoms with Crippen molar-refractivity contribution in [2.45, 2.75) is 57.5 Å². The number of nitrogens with one attached hydrogen (secondary N) is 1. The minimum Gasteiger partial charge on any atom is -0.355 e. The molecular formula is C19H27N3O2S. The Labute approximate surface area is 153 Å². The van der Waals surface area contributed by atoms with E-state index in [1.807, 2.05) is 38.1 Å². The molecule has 2 rings (SSSR count). The summed E-state index contributed by atoms with van der Waals surface area (Å²) >= 11 is 1.35. The minimum absolute atomic E-state index is 0.0235. The topological polar surface area (TPSA) is 64.0 Å². The van der Waals surface area contributed by atoms with Gasteiger partial charge in [-0.1, -0.05) is 44.7 Å². The van der Waals surface area contributed by atoms with E-state index in [1.165, 1.54) is 11.8 Å². The highest BCUT2D eigenvalue weighted by atomic mass is 32.2. The second-order valence-electron chi connectivity index (χ2n) is 6.60. The number of carbonyl (C=O) groups is 1. The van der Waals surface area contributed by atoms with Crippen LogP contribution in [0.1, 0.15) is 40.5 Å². The van der Waals surface area contributed by atoms with E-state index in [-0.39, 0.29) is 16.7 Å². The number of aromatic nitrogens is 2. The fourth-order valence-electron chi connectivity index (χ4n) is 2.43. The molecule has 1 atom stereocenters. The van der Waals surface area contributed by atoms with E-state index in [0.29, 0.717) is 35.1 Å². The summed E-state index contributed by atoms with van der Waals surface area (Å²) in [7, 11) is 0. The monoisotopic (exact) mass is 361 g/mol.